The van der Waals surface area contributed by atoms with Gasteiger partial charge < -0.3 is 12.4 Å². The van der Waals surface area contributed by atoms with Crippen LogP contribution in [0.1, 0.15) is 0 Å². The van der Waals surface area contributed by atoms with Gasteiger partial charge in [-0.2, -0.15) is 0 Å². The van der Waals surface area contributed by atoms with Crippen molar-refractivity contribution in [1.29, 1.82) is 0 Å². The van der Waals surface area contributed by atoms with Crippen molar-refractivity contribution in [3.8, 4) is 0 Å². The fraction of sp³-hybridized carbons (Fsp3) is 0. The molecule has 0 aliphatic carbocycles. The highest BCUT2D eigenvalue weighted by Gasteiger charge is 1.73. The Morgan fingerprint density at radius 2 is 1.71 bits per heavy atom. The normalized spacial score (nSPS) is 6.86. The van der Waals surface area contributed by atoms with E-state index in [1.807, 2.05) is 0 Å². The maximum Gasteiger partial charge on any atom is 0.336 e. The van der Waals surface area contributed by atoms with Crippen LogP contribution in [0.2, 0.25) is 0 Å². The van der Waals surface area contributed by atoms with Gasteiger partial charge in [0.05, 0.1) is 0 Å². The largest absolute Gasteiger partial charge is 1.00 e. The first-order valence-electron chi connectivity index (χ1n) is 1.65. The monoisotopic (exact) mass is 117 g/mol. The van der Waals surface area contributed by atoms with Crippen molar-refractivity contribution in [2.75, 3.05) is 0 Å². The van der Waals surface area contributed by atoms with Crippen LogP contribution in [-0.4, -0.2) is 4.98 Å². The van der Waals surface area contributed by atoms with Crippen LogP contribution in [0.4, 0.5) is 0 Å². The highest BCUT2D eigenvalue weighted by Crippen LogP contribution is 1.73. The van der Waals surface area contributed by atoms with Crippen molar-refractivity contribution in [1.82, 2.24) is 4.98 Å². The second kappa shape index (κ2) is 3.56. The second-order valence-corrected chi connectivity index (χ2v) is 0.855. The summed E-state index contributed by atoms with van der Waals surface area (Å²) in [5.41, 5.74) is 0. The summed E-state index contributed by atoms with van der Waals surface area (Å²) < 4.78 is 4.61. The van der Waals surface area contributed by atoms with Gasteiger partial charge >= 0.3 is 12.5 Å². The zero-order chi connectivity index (χ0) is 4.24. The van der Waals surface area contributed by atoms with Crippen molar-refractivity contribution < 1.29 is 16.8 Å². The summed E-state index contributed by atoms with van der Waals surface area (Å²) in [6.45, 7) is 0. The number of rotatable bonds is 0. The Labute approximate surface area is 47.6 Å². The molecule has 0 fully saturated rings. The SMILES string of the molecule is [Cl-].c1c[o+]ccn1. The molecule has 1 rings (SSSR count). The smallest absolute Gasteiger partial charge is 0.336 e. The van der Waals surface area contributed by atoms with Gasteiger partial charge in [-0.15, -0.1) is 0 Å². The van der Waals surface area contributed by atoms with Gasteiger partial charge in [-0.1, -0.05) is 0 Å². The van der Waals surface area contributed by atoms with Crippen molar-refractivity contribution >= 4 is 0 Å². The molecule has 0 unspecified atom stereocenters. The molecular formula is C4H4ClNO. The van der Waals surface area contributed by atoms with Crippen molar-refractivity contribution in [3.05, 3.63) is 24.9 Å². The zero-order valence-electron chi connectivity index (χ0n) is 3.54. The Morgan fingerprint density at radius 3 is 1.86 bits per heavy atom. The lowest BCUT2D eigenvalue weighted by Crippen LogP contribution is -3.00. The third-order valence-corrected chi connectivity index (χ3v) is 0.451. The molecule has 2 nitrogen and oxygen atoms in total. The van der Waals surface area contributed by atoms with Crippen LogP contribution < -0.4 is 12.4 Å². The number of hydrogen-bond acceptors (Lipinski definition) is 1. The highest BCUT2D eigenvalue weighted by molar-refractivity contribution is 4.64. The van der Waals surface area contributed by atoms with E-state index in [1.54, 1.807) is 12.4 Å². The Kier molecular flexibility index (Phi) is 3.24. The summed E-state index contributed by atoms with van der Waals surface area (Å²) >= 11 is 0. The lowest BCUT2D eigenvalue weighted by Gasteiger charge is -1.58. The first kappa shape index (κ1) is 6.37. The van der Waals surface area contributed by atoms with E-state index >= 15 is 0 Å². The van der Waals surface area contributed by atoms with Gasteiger partial charge in [0.25, 0.3) is 0 Å². The van der Waals surface area contributed by atoms with Gasteiger partial charge in [0.2, 0.25) is 0 Å². The molecule has 0 saturated heterocycles. The summed E-state index contributed by atoms with van der Waals surface area (Å²) in [7, 11) is 0. The molecule has 0 radical (unpaired) electrons. The minimum absolute atomic E-state index is 0. The lowest BCUT2D eigenvalue weighted by atomic mass is 10.9. The molecular weight excluding hydrogens is 114 g/mol. The minimum Gasteiger partial charge on any atom is -1.00 e. The topological polar surface area (TPSA) is 24.2 Å². The van der Waals surface area contributed by atoms with Crippen LogP contribution in [0.15, 0.2) is 29.3 Å². The number of hydrogen-bond donors (Lipinski definition) is 0. The van der Waals surface area contributed by atoms with Crippen molar-refractivity contribution in [2.24, 2.45) is 0 Å². The molecule has 0 atom stereocenters. The third kappa shape index (κ3) is 2.11. The lowest BCUT2D eigenvalue weighted by molar-refractivity contribution is -0.00000167. The molecule has 0 saturated carbocycles. The summed E-state index contributed by atoms with van der Waals surface area (Å²) in [5.74, 6) is 0. The quantitative estimate of drug-likeness (QED) is 0.366. The molecule has 1 aromatic rings. The first-order valence-corrected chi connectivity index (χ1v) is 1.65. The van der Waals surface area contributed by atoms with E-state index in [1.165, 1.54) is 12.5 Å². The molecule has 0 aromatic carbocycles. The van der Waals surface area contributed by atoms with Gasteiger partial charge in [-0.25, -0.2) is 9.40 Å². The average Bonchev–Trinajstić information content (AvgIpc) is 1.72. The Hall–Kier alpha value is -0.630. The number of halogens is 1. The van der Waals surface area contributed by atoms with Crippen LogP contribution >= 0.6 is 0 Å². The predicted molar refractivity (Wildman–Crippen MR) is 20.9 cm³/mol. The molecule has 38 valence electrons. The third-order valence-electron chi connectivity index (χ3n) is 0.451. The van der Waals surface area contributed by atoms with Gasteiger partial charge in [-0.3, -0.25) is 0 Å². The van der Waals surface area contributed by atoms with E-state index in [-0.39, 0.29) is 12.4 Å². The summed E-state index contributed by atoms with van der Waals surface area (Å²) in [4.78, 5) is 3.69. The fourth-order valence-electron chi connectivity index (χ4n) is 0.236. The van der Waals surface area contributed by atoms with Crippen LogP contribution in [0, 0.1) is 0 Å². The second-order valence-electron chi connectivity index (χ2n) is 0.855. The average molecular weight is 118 g/mol. The van der Waals surface area contributed by atoms with Gasteiger partial charge in [0, 0.05) is 0 Å². The predicted octanol–water partition coefficient (Wildman–Crippen LogP) is -2.04. The Morgan fingerprint density at radius 1 is 1.14 bits per heavy atom. The minimum atomic E-state index is 0. The number of nitrogens with zero attached hydrogens (tertiary/aromatic N) is 1. The molecule has 0 N–H and O–H groups in total. The molecule has 0 aliphatic rings. The Balaban J connectivity index is 0.000000360. The van der Waals surface area contributed by atoms with E-state index in [2.05, 4.69) is 9.40 Å². The van der Waals surface area contributed by atoms with E-state index in [0.29, 0.717) is 0 Å². The summed E-state index contributed by atoms with van der Waals surface area (Å²) in [5, 5.41) is 0. The standard InChI is InChI=1S/C4H4NO.ClH/c1-3-6-4-2-5-1;/h1-4H;1H/q+1;/p-1. The Bertz CT molecular complexity index is 83.6. The van der Waals surface area contributed by atoms with Crippen LogP contribution in [0.5, 0.6) is 0 Å². The van der Waals surface area contributed by atoms with E-state index in [9.17, 15) is 0 Å². The fourth-order valence-corrected chi connectivity index (χ4v) is 0.236. The maximum absolute atomic E-state index is 4.61. The summed E-state index contributed by atoms with van der Waals surface area (Å²) in [6.07, 6.45) is 6.19. The van der Waals surface area contributed by atoms with Gasteiger partial charge in [0.15, 0.2) is 0 Å². The zero-order valence-corrected chi connectivity index (χ0v) is 4.30. The van der Waals surface area contributed by atoms with Crippen LogP contribution in [0.25, 0.3) is 0 Å². The van der Waals surface area contributed by atoms with Crippen LogP contribution in [0.3, 0.4) is 0 Å². The first-order chi connectivity index (χ1) is 3.00. The van der Waals surface area contributed by atoms with Gasteiger partial charge in [-0.05, 0) is 0 Å². The van der Waals surface area contributed by atoms with E-state index in [4.69, 9.17) is 0 Å². The molecule has 0 amide bonds. The summed E-state index contributed by atoms with van der Waals surface area (Å²) in [6, 6.07) is 0. The molecule has 3 heteroatoms. The number of aromatic nitrogens is 1. The molecule has 1 aromatic heterocycles. The molecule has 0 bridgehead atoms. The molecule has 7 heavy (non-hydrogen) atoms. The van der Waals surface area contributed by atoms with Crippen molar-refractivity contribution in [3.63, 3.8) is 0 Å². The van der Waals surface area contributed by atoms with E-state index in [0.717, 1.165) is 0 Å². The molecule has 1 heterocycles. The molecule has 0 spiro atoms. The maximum atomic E-state index is 4.61. The molecule has 0 aliphatic heterocycles. The van der Waals surface area contributed by atoms with Crippen molar-refractivity contribution in [2.45, 2.75) is 0 Å². The highest BCUT2D eigenvalue weighted by atomic mass is 35.5. The van der Waals surface area contributed by atoms with E-state index < -0.39 is 0 Å². The van der Waals surface area contributed by atoms with Gasteiger partial charge in [0.1, 0.15) is 12.4 Å². The van der Waals surface area contributed by atoms with Crippen LogP contribution in [-0.2, 0) is 0 Å².